The van der Waals surface area contributed by atoms with Crippen molar-refractivity contribution in [1.82, 2.24) is 5.16 Å². The maximum Gasteiger partial charge on any atom is 0.167 e. The highest BCUT2D eigenvalue weighted by atomic mass is 16.5. The fourth-order valence-electron chi connectivity index (χ4n) is 2.52. The number of aryl methyl sites for hydroxylation is 1. The molecule has 23 heavy (non-hydrogen) atoms. The Hall–Kier alpha value is -2.27. The minimum Gasteiger partial charge on any atom is -0.371 e. The smallest absolute Gasteiger partial charge is 0.167 e. The third kappa shape index (κ3) is 3.93. The minimum absolute atomic E-state index is 0.240. The fourth-order valence-corrected chi connectivity index (χ4v) is 2.52. The molecule has 0 saturated carbocycles. The first-order valence-electron chi connectivity index (χ1n) is 7.60. The second-order valence-electron chi connectivity index (χ2n) is 5.56. The van der Waals surface area contributed by atoms with Crippen molar-refractivity contribution in [2.75, 3.05) is 6.61 Å². The molecule has 1 unspecified atom stereocenters. The van der Waals surface area contributed by atoms with E-state index in [1.165, 1.54) is 13.8 Å². The first-order chi connectivity index (χ1) is 10.9. The summed E-state index contributed by atoms with van der Waals surface area (Å²) in [5.74, 6) is -0.770. The zero-order valence-electron chi connectivity index (χ0n) is 13.8. The molecule has 0 fully saturated rings. The van der Waals surface area contributed by atoms with Crippen LogP contribution in [-0.4, -0.2) is 23.3 Å². The molecule has 1 atom stereocenters. The molecule has 0 aliphatic carbocycles. The number of carbonyl (C=O) groups excluding carboxylic acids is 2. The van der Waals surface area contributed by atoms with Gasteiger partial charge in [0.15, 0.2) is 5.76 Å². The first kappa shape index (κ1) is 17.1. The molecule has 0 spiro atoms. The first-order valence-corrected chi connectivity index (χ1v) is 7.60. The Morgan fingerprint density at radius 1 is 1.17 bits per heavy atom. The molecule has 0 aliphatic rings. The van der Waals surface area contributed by atoms with E-state index >= 15 is 0 Å². The zero-order valence-corrected chi connectivity index (χ0v) is 13.8. The highest BCUT2D eigenvalue weighted by Gasteiger charge is 2.34. The molecule has 0 amide bonds. The summed E-state index contributed by atoms with van der Waals surface area (Å²) in [5, 5.41) is 4.02. The van der Waals surface area contributed by atoms with Crippen molar-refractivity contribution in [3.05, 3.63) is 41.6 Å². The van der Waals surface area contributed by atoms with E-state index in [9.17, 15) is 9.59 Å². The van der Waals surface area contributed by atoms with Crippen molar-refractivity contribution in [2.24, 2.45) is 5.92 Å². The van der Waals surface area contributed by atoms with Crippen molar-refractivity contribution in [3.63, 3.8) is 0 Å². The molecule has 2 aromatic rings. The normalized spacial score (nSPS) is 12.4. The van der Waals surface area contributed by atoms with Crippen LogP contribution in [0.1, 0.15) is 38.1 Å². The summed E-state index contributed by atoms with van der Waals surface area (Å²) in [6.45, 7) is 6.96. The van der Waals surface area contributed by atoms with Gasteiger partial charge in [-0.1, -0.05) is 35.0 Å². The minimum atomic E-state index is -0.870. The highest BCUT2D eigenvalue weighted by molar-refractivity contribution is 6.01. The van der Waals surface area contributed by atoms with Crippen LogP contribution in [0.3, 0.4) is 0 Å². The lowest BCUT2D eigenvalue weighted by molar-refractivity contribution is -0.137. The van der Waals surface area contributed by atoms with E-state index in [4.69, 9.17) is 9.26 Å². The van der Waals surface area contributed by atoms with Gasteiger partial charge in [0.1, 0.15) is 29.3 Å². The van der Waals surface area contributed by atoms with Crippen molar-refractivity contribution in [1.29, 1.82) is 0 Å². The lowest BCUT2D eigenvalue weighted by Crippen LogP contribution is -2.29. The summed E-state index contributed by atoms with van der Waals surface area (Å²) in [7, 11) is 0. The molecule has 5 nitrogen and oxygen atoms in total. The maximum atomic E-state index is 11.8. The van der Waals surface area contributed by atoms with E-state index in [2.05, 4.69) is 5.16 Å². The van der Waals surface area contributed by atoms with Crippen LogP contribution >= 0.6 is 0 Å². The molecule has 5 heteroatoms. The van der Waals surface area contributed by atoms with Crippen LogP contribution in [-0.2, 0) is 14.3 Å². The number of Topliss-reactive ketones (excluding diaryl/α,β-unsaturated/α-hetero) is 2. The van der Waals surface area contributed by atoms with Crippen LogP contribution in [0.2, 0.25) is 0 Å². The van der Waals surface area contributed by atoms with Gasteiger partial charge in [0.25, 0.3) is 0 Å². The van der Waals surface area contributed by atoms with Crippen LogP contribution in [0.5, 0.6) is 0 Å². The molecular weight excluding hydrogens is 294 g/mol. The third-order valence-electron chi connectivity index (χ3n) is 3.68. The predicted octanol–water partition coefficient (Wildman–Crippen LogP) is 3.52. The number of aromatic nitrogens is 1. The number of ether oxygens (including phenoxy) is 1. The summed E-state index contributed by atoms with van der Waals surface area (Å²) in [6, 6.07) is 9.55. The summed E-state index contributed by atoms with van der Waals surface area (Å²) in [4.78, 5) is 23.7. The summed E-state index contributed by atoms with van der Waals surface area (Å²) in [6.07, 6.45) is -0.724. The van der Waals surface area contributed by atoms with Gasteiger partial charge in [0.2, 0.25) is 0 Å². The van der Waals surface area contributed by atoms with Crippen molar-refractivity contribution < 1.29 is 18.8 Å². The molecule has 0 aliphatic heterocycles. The number of hydrogen-bond acceptors (Lipinski definition) is 5. The summed E-state index contributed by atoms with van der Waals surface area (Å²) < 4.78 is 11.0. The number of ketones is 2. The number of carbonyl (C=O) groups is 2. The third-order valence-corrected chi connectivity index (χ3v) is 3.68. The molecule has 1 heterocycles. The van der Waals surface area contributed by atoms with Crippen molar-refractivity contribution >= 4 is 11.6 Å². The topological polar surface area (TPSA) is 69.4 Å². The van der Waals surface area contributed by atoms with Gasteiger partial charge in [0.05, 0.1) is 0 Å². The predicted molar refractivity (Wildman–Crippen MR) is 85.9 cm³/mol. The van der Waals surface area contributed by atoms with Crippen LogP contribution in [0.15, 0.2) is 34.9 Å². The van der Waals surface area contributed by atoms with Gasteiger partial charge in [-0.3, -0.25) is 9.59 Å². The van der Waals surface area contributed by atoms with Crippen LogP contribution in [0, 0.1) is 12.8 Å². The van der Waals surface area contributed by atoms with E-state index in [0.29, 0.717) is 18.1 Å². The van der Waals surface area contributed by atoms with Gasteiger partial charge < -0.3 is 9.26 Å². The molecule has 1 aromatic heterocycles. The van der Waals surface area contributed by atoms with Crippen LogP contribution in [0.4, 0.5) is 0 Å². The van der Waals surface area contributed by atoms with Crippen molar-refractivity contribution in [2.45, 2.75) is 33.8 Å². The van der Waals surface area contributed by atoms with Gasteiger partial charge >= 0.3 is 0 Å². The van der Waals surface area contributed by atoms with E-state index in [0.717, 1.165) is 11.1 Å². The Labute approximate surface area is 135 Å². The molecule has 122 valence electrons. The lowest BCUT2D eigenvalue weighted by Gasteiger charge is -2.20. The van der Waals surface area contributed by atoms with Gasteiger partial charge in [-0.25, -0.2) is 0 Å². The molecular formula is C18H21NO4. The van der Waals surface area contributed by atoms with Gasteiger partial charge in [-0.15, -0.1) is 0 Å². The molecule has 0 N–H and O–H groups in total. The Kier molecular flexibility index (Phi) is 5.45. The van der Waals surface area contributed by atoms with Crippen LogP contribution in [0.25, 0.3) is 11.3 Å². The van der Waals surface area contributed by atoms with E-state index in [-0.39, 0.29) is 11.6 Å². The quantitative estimate of drug-likeness (QED) is 0.731. The van der Waals surface area contributed by atoms with E-state index in [1.807, 2.05) is 38.1 Å². The second kappa shape index (κ2) is 7.33. The maximum absolute atomic E-state index is 11.8. The monoisotopic (exact) mass is 315 g/mol. The number of hydrogen-bond donors (Lipinski definition) is 0. The zero-order chi connectivity index (χ0) is 17.0. The van der Waals surface area contributed by atoms with E-state index < -0.39 is 12.0 Å². The van der Waals surface area contributed by atoms with E-state index in [1.54, 1.807) is 6.07 Å². The molecule has 0 radical (unpaired) electrons. The molecule has 1 aromatic carbocycles. The number of rotatable bonds is 7. The second-order valence-corrected chi connectivity index (χ2v) is 5.56. The number of benzene rings is 1. The summed E-state index contributed by atoms with van der Waals surface area (Å²) >= 11 is 0. The largest absolute Gasteiger partial charge is 0.371 e. The molecule has 0 saturated heterocycles. The Morgan fingerprint density at radius 2 is 1.78 bits per heavy atom. The highest BCUT2D eigenvalue weighted by Crippen LogP contribution is 2.30. The Bertz CT molecular complexity index is 673. The molecule has 2 rings (SSSR count). The molecule has 0 bridgehead atoms. The van der Waals surface area contributed by atoms with Gasteiger partial charge in [-0.2, -0.15) is 0 Å². The fraction of sp³-hybridized carbons (Fsp3) is 0.389. The van der Waals surface area contributed by atoms with Gasteiger partial charge in [-0.05, 0) is 27.7 Å². The van der Waals surface area contributed by atoms with Crippen LogP contribution < -0.4 is 0 Å². The Balaban J connectivity index is 2.35. The van der Waals surface area contributed by atoms with Crippen molar-refractivity contribution in [3.8, 4) is 11.3 Å². The average Bonchev–Trinajstić information content (AvgIpc) is 2.96. The summed E-state index contributed by atoms with van der Waals surface area (Å²) in [5.41, 5.74) is 2.48. The van der Waals surface area contributed by atoms with Gasteiger partial charge in [0, 0.05) is 18.2 Å². The number of nitrogens with zero attached hydrogens (tertiary/aromatic N) is 1. The lowest BCUT2D eigenvalue weighted by atomic mass is 9.91. The standard InChI is InChI=1S/C18H21NO4/c1-5-22-18(17(12(3)20)13(4)21)15-10-16(23-19-15)14-8-6-11(2)7-9-14/h6-10,17-18H,5H2,1-4H3. The SMILES string of the molecule is CCOC(c1cc(-c2ccc(C)cc2)on1)C(C(C)=O)C(C)=O. The average molecular weight is 315 g/mol. The Morgan fingerprint density at radius 3 is 2.30 bits per heavy atom.